The van der Waals surface area contributed by atoms with Crippen molar-refractivity contribution in [2.24, 2.45) is 10.1 Å². The predicted octanol–water partition coefficient (Wildman–Crippen LogP) is 5.22. The molecule has 0 radical (unpaired) electrons. The number of thiazole rings is 1. The minimum atomic E-state index is -0.700. The molecular formula is C19H14BrClN4O3S. The highest BCUT2D eigenvalue weighted by atomic mass is 79.9. The van der Waals surface area contributed by atoms with E-state index in [1.165, 1.54) is 23.6 Å². The Balaban J connectivity index is 2.13. The molecule has 7 nitrogen and oxygen atoms in total. The highest BCUT2D eigenvalue weighted by molar-refractivity contribution is 9.10. The number of rotatable bonds is 6. The normalized spacial score (nSPS) is 11.9. The summed E-state index contributed by atoms with van der Waals surface area (Å²) >= 11 is 10.8. The topological polar surface area (TPSA) is 93.0 Å². The van der Waals surface area contributed by atoms with Crippen molar-refractivity contribution >= 4 is 50.8 Å². The Morgan fingerprint density at radius 2 is 2.07 bits per heavy atom. The van der Waals surface area contributed by atoms with Crippen LogP contribution in [-0.4, -0.2) is 27.5 Å². The Bertz CT molecular complexity index is 1170. The van der Waals surface area contributed by atoms with E-state index in [0.717, 1.165) is 21.8 Å². The van der Waals surface area contributed by atoms with Gasteiger partial charge in [-0.3, -0.25) is 15.1 Å². The zero-order valence-electron chi connectivity index (χ0n) is 14.8. The van der Waals surface area contributed by atoms with Gasteiger partial charge in [0.25, 0.3) is 0 Å². The largest absolute Gasteiger partial charge is 0.502 e. The van der Waals surface area contributed by atoms with Gasteiger partial charge in [-0.25, -0.2) is 4.68 Å². The van der Waals surface area contributed by atoms with Gasteiger partial charge >= 0.3 is 5.69 Å². The average molecular weight is 494 g/mol. The van der Waals surface area contributed by atoms with Crippen LogP contribution in [-0.2, 0) is 0 Å². The molecule has 0 unspecified atom stereocenters. The number of phenolic OH excluding ortho intramolecular Hbond substituents is 1. The smallest absolute Gasteiger partial charge is 0.312 e. The van der Waals surface area contributed by atoms with Crippen LogP contribution < -0.4 is 4.80 Å². The summed E-state index contributed by atoms with van der Waals surface area (Å²) in [6, 6.07) is 10.2. The maximum Gasteiger partial charge on any atom is 0.312 e. The van der Waals surface area contributed by atoms with Crippen LogP contribution in [0.5, 0.6) is 5.75 Å². The Morgan fingerprint density at radius 1 is 1.34 bits per heavy atom. The molecule has 0 bridgehead atoms. The highest BCUT2D eigenvalue weighted by Gasteiger charge is 2.18. The molecule has 0 saturated carbocycles. The van der Waals surface area contributed by atoms with Crippen LogP contribution in [0.1, 0.15) is 5.56 Å². The van der Waals surface area contributed by atoms with E-state index in [1.807, 2.05) is 29.6 Å². The molecule has 0 aliphatic carbocycles. The number of nitro groups is 1. The number of aromatic hydroxyl groups is 1. The maximum absolute atomic E-state index is 11.1. The number of nitrogens with zero attached hydrogens (tertiary/aromatic N) is 4. The standard InChI is InChI=1S/C19H14BrClN4O3S/c1-2-7-22-19-24(17(11-29-19)12-3-5-14(20)6-4-12)23-10-13-8-15(21)9-16(18(13)26)25(27)28/h2-6,8-11,26H,1,7H2. The van der Waals surface area contributed by atoms with Gasteiger partial charge in [-0.15, -0.1) is 17.9 Å². The Morgan fingerprint density at radius 3 is 2.72 bits per heavy atom. The SMILES string of the molecule is C=CCN=c1scc(-c2ccc(Br)cc2)n1N=Cc1cc(Cl)cc([N+](=O)[O-])c1O. The second-order valence-electron chi connectivity index (χ2n) is 5.72. The van der Waals surface area contributed by atoms with Crippen molar-refractivity contribution in [1.82, 2.24) is 4.68 Å². The summed E-state index contributed by atoms with van der Waals surface area (Å²) in [6.07, 6.45) is 2.98. The molecule has 10 heteroatoms. The fourth-order valence-corrected chi connectivity index (χ4v) is 3.78. The van der Waals surface area contributed by atoms with Crippen LogP contribution in [0.25, 0.3) is 11.3 Å². The fourth-order valence-electron chi connectivity index (χ4n) is 2.44. The van der Waals surface area contributed by atoms with Crippen molar-refractivity contribution in [2.45, 2.75) is 0 Å². The molecule has 1 aromatic heterocycles. The minimum Gasteiger partial charge on any atom is -0.502 e. The van der Waals surface area contributed by atoms with E-state index in [9.17, 15) is 15.2 Å². The molecule has 1 heterocycles. The van der Waals surface area contributed by atoms with E-state index in [0.29, 0.717) is 11.3 Å². The number of halogens is 2. The van der Waals surface area contributed by atoms with Gasteiger partial charge in [-0.2, -0.15) is 5.10 Å². The Labute approximate surface area is 183 Å². The lowest BCUT2D eigenvalue weighted by molar-refractivity contribution is -0.385. The molecule has 2 aromatic carbocycles. The third kappa shape index (κ3) is 4.81. The van der Waals surface area contributed by atoms with Gasteiger partial charge in [0.1, 0.15) is 0 Å². The Hall–Kier alpha value is -2.75. The summed E-state index contributed by atoms with van der Waals surface area (Å²) in [5, 5.41) is 27.7. The molecular weight excluding hydrogens is 480 g/mol. The number of aromatic nitrogens is 1. The number of hydrogen-bond acceptors (Lipinski definition) is 6. The van der Waals surface area contributed by atoms with Crippen molar-refractivity contribution in [3.8, 4) is 17.0 Å². The van der Waals surface area contributed by atoms with Crippen molar-refractivity contribution in [1.29, 1.82) is 0 Å². The maximum atomic E-state index is 11.1. The quantitative estimate of drug-likeness (QED) is 0.221. The third-order valence-electron chi connectivity index (χ3n) is 3.77. The lowest BCUT2D eigenvalue weighted by Gasteiger charge is -2.05. The molecule has 0 atom stereocenters. The van der Waals surface area contributed by atoms with Crippen molar-refractivity contribution < 1.29 is 10.0 Å². The number of phenols is 1. The molecule has 1 N–H and O–H groups in total. The van der Waals surface area contributed by atoms with Crippen LogP contribution in [0, 0.1) is 10.1 Å². The monoisotopic (exact) mass is 492 g/mol. The van der Waals surface area contributed by atoms with Crippen LogP contribution >= 0.6 is 38.9 Å². The van der Waals surface area contributed by atoms with Gasteiger partial charge in [0.15, 0.2) is 0 Å². The van der Waals surface area contributed by atoms with Gasteiger partial charge in [0.05, 0.1) is 23.4 Å². The zero-order valence-corrected chi connectivity index (χ0v) is 18.0. The molecule has 3 rings (SSSR count). The van der Waals surface area contributed by atoms with Gasteiger partial charge in [0.2, 0.25) is 10.6 Å². The number of benzene rings is 2. The highest BCUT2D eigenvalue weighted by Crippen LogP contribution is 2.32. The van der Waals surface area contributed by atoms with E-state index < -0.39 is 16.4 Å². The van der Waals surface area contributed by atoms with Crippen molar-refractivity contribution in [3.63, 3.8) is 0 Å². The van der Waals surface area contributed by atoms with Crippen LogP contribution in [0.2, 0.25) is 5.02 Å². The fraction of sp³-hybridized carbons (Fsp3) is 0.0526. The van der Waals surface area contributed by atoms with Crippen molar-refractivity contribution in [2.75, 3.05) is 6.54 Å². The summed E-state index contributed by atoms with van der Waals surface area (Å²) in [4.78, 5) is 15.4. The third-order valence-corrected chi connectivity index (χ3v) is 5.37. The zero-order chi connectivity index (χ0) is 21.0. The first-order chi connectivity index (χ1) is 13.9. The van der Waals surface area contributed by atoms with E-state index in [2.05, 4.69) is 32.6 Å². The van der Waals surface area contributed by atoms with E-state index in [-0.39, 0.29) is 10.6 Å². The van der Waals surface area contributed by atoms with Crippen LogP contribution in [0.4, 0.5) is 5.69 Å². The first kappa shape index (κ1) is 21.0. The first-order valence-electron chi connectivity index (χ1n) is 8.20. The second kappa shape index (κ2) is 9.17. The predicted molar refractivity (Wildman–Crippen MR) is 119 cm³/mol. The number of hydrogen-bond donors (Lipinski definition) is 1. The molecule has 148 valence electrons. The van der Waals surface area contributed by atoms with Gasteiger partial charge in [0, 0.05) is 32.1 Å². The lowest BCUT2D eigenvalue weighted by atomic mass is 10.2. The molecule has 0 fully saturated rings. The molecule has 0 saturated heterocycles. The summed E-state index contributed by atoms with van der Waals surface area (Å²) in [7, 11) is 0. The van der Waals surface area contributed by atoms with Crippen molar-refractivity contribution in [3.05, 3.63) is 84.4 Å². The summed E-state index contributed by atoms with van der Waals surface area (Å²) in [5.74, 6) is -0.506. The first-order valence-corrected chi connectivity index (χ1v) is 10.2. The summed E-state index contributed by atoms with van der Waals surface area (Å²) in [5.41, 5.74) is 1.32. The molecule has 0 spiro atoms. The molecule has 0 aliphatic heterocycles. The van der Waals surface area contributed by atoms with Gasteiger partial charge < -0.3 is 5.11 Å². The van der Waals surface area contributed by atoms with E-state index in [1.54, 1.807) is 10.8 Å². The second-order valence-corrected chi connectivity index (χ2v) is 7.90. The van der Waals surface area contributed by atoms with Gasteiger partial charge in [-0.1, -0.05) is 45.7 Å². The van der Waals surface area contributed by atoms with E-state index in [4.69, 9.17) is 11.6 Å². The van der Waals surface area contributed by atoms with Crippen LogP contribution in [0.3, 0.4) is 0 Å². The minimum absolute atomic E-state index is 0.121. The average Bonchev–Trinajstić information content (AvgIpc) is 3.09. The number of nitro benzene ring substituents is 1. The molecule has 29 heavy (non-hydrogen) atoms. The van der Waals surface area contributed by atoms with Gasteiger partial charge in [-0.05, 0) is 18.2 Å². The molecule has 0 aliphatic rings. The Kier molecular flexibility index (Phi) is 6.63. The summed E-state index contributed by atoms with van der Waals surface area (Å²) in [6.45, 7) is 4.07. The molecule has 0 amide bonds. The van der Waals surface area contributed by atoms with E-state index >= 15 is 0 Å². The van der Waals surface area contributed by atoms with Crippen LogP contribution in [0.15, 0.2) is 69.0 Å². The molecule has 3 aromatic rings. The summed E-state index contributed by atoms with van der Waals surface area (Å²) < 4.78 is 2.54. The lowest BCUT2D eigenvalue weighted by Crippen LogP contribution is -2.12.